The number of carbonyl (C=O) groups excluding carboxylic acids is 1. The maximum absolute atomic E-state index is 11.6. The Morgan fingerprint density at radius 1 is 1.11 bits per heavy atom. The SMILES string of the molecule is NC(=O)/C(=C1/C=CC(Cl)=NN1)c1cc(Cl)cc(Cl)c1. The van der Waals surface area contributed by atoms with E-state index in [1.54, 1.807) is 30.4 Å². The average Bonchev–Trinajstić information content (AvgIpc) is 2.30. The fraction of sp³-hybridized carbons (Fsp3) is 0. The number of amides is 1. The van der Waals surface area contributed by atoms with Crippen LogP contribution in [-0.4, -0.2) is 11.1 Å². The fourth-order valence-electron chi connectivity index (χ4n) is 1.61. The van der Waals surface area contributed by atoms with E-state index in [9.17, 15) is 4.79 Å². The van der Waals surface area contributed by atoms with Gasteiger partial charge in [-0.3, -0.25) is 10.2 Å². The molecule has 19 heavy (non-hydrogen) atoms. The summed E-state index contributed by atoms with van der Waals surface area (Å²) in [5.41, 5.74) is 9.21. The van der Waals surface area contributed by atoms with E-state index in [-0.39, 0.29) is 10.7 Å². The second-order valence-electron chi connectivity index (χ2n) is 3.69. The Morgan fingerprint density at radius 2 is 1.74 bits per heavy atom. The quantitative estimate of drug-likeness (QED) is 0.824. The van der Waals surface area contributed by atoms with E-state index in [0.29, 0.717) is 21.3 Å². The van der Waals surface area contributed by atoms with Crippen LogP contribution >= 0.6 is 34.8 Å². The lowest BCUT2D eigenvalue weighted by Gasteiger charge is -2.13. The molecule has 2 rings (SSSR count). The number of benzene rings is 1. The van der Waals surface area contributed by atoms with Crippen molar-refractivity contribution >= 4 is 51.5 Å². The average molecular weight is 317 g/mol. The Balaban J connectivity index is 2.56. The summed E-state index contributed by atoms with van der Waals surface area (Å²) in [4.78, 5) is 11.6. The summed E-state index contributed by atoms with van der Waals surface area (Å²) in [5.74, 6) is -0.626. The summed E-state index contributed by atoms with van der Waals surface area (Å²) in [6.07, 6.45) is 3.15. The second kappa shape index (κ2) is 5.65. The first-order chi connectivity index (χ1) is 8.97. The molecule has 1 aliphatic rings. The Morgan fingerprint density at radius 3 is 2.21 bits per heavy atom. The number of allylic oxidation sites excluding steroid dienone is 2. The third-order valence-electron chi connectivity index (χ3n) is 2.34. The number of hydrazone groups is 1. The Hall–Kier alpha value is -1.49. The minimum absolute atomic E-state index is 0.230. The minimum atomic E-state index is -0.626. The van der Waals surface area contributed by atoms with Crippen LogP contribution in [0.1, 0.15) is 5.56 Å². The number of hydrogen-bond donors (Lipinski definition) is 2. The van der Waals surface area contributed by atoms with E-state index in [0.717, 1.165) is 0 Å². The van der Waals surface area contributed by atoms with Crippen LogP contribution in [-0.2, 0) is 4.79 Å². The molecule has 0 bridgehead atoms. The summed E-state index contributed by atoms with van der Waals surface area (Å²) < 4.78 is 0. The monoisotopic (exact) mass is 315 g/mol. The number of primary amides is 1. The molecular weight excluding hydrogens is 309 g/mol. The van der Waals surface area contributed by atoms with Gasteiger partial charge in [-0.1, -0.05) is 34.8 Å². The number of nitrogens with two attached hydrogens (primary N) is 1. The fourth-order valence-corrected chi connectivity index (χ4v) is 2.24. The lowest BCUT2D eigenvalue weighted by Crippen LogP contribution is -2.20. The van der Waals surface area contributed by atoms with Gasteiger partial charge in [0.25, 0.3) is 5.91 Å². The largest absolute Gasteiger partial charge is 0.366 e. The van der Waals surface area contributed by atoms with Gasteiger partial charge in [0.05, 0.1) is 11.3 Å². The minimum Gasteiger partial charge on any atom is -0.366 e. The number of carbonyl (C=O) groups is 1. The van der Waals surface area contributed by atoms with E-state index in [4.69, 9.17) is 40.5 Å². The molecule has 0 aliphatic carbocycles. The second-order valence-corrected chi connectivity index (χ2v) is 4.95. The van der Waals surface area contributed by atoms with E-state index >= 15 is 0 Å². The zero-order chi connectivity index (χ0) is 14.0. The Labute approximate surface area is 124 Å². The summed E-state index contributed by atoms with van der Waals surface area (Å²) in [7, 11) is 0. The summed E-state index contributed by atoms with van der Waals surface area (Å²) >= 11 is 17.5. The van der Waals surface area contributed by atoms with Crippen LogP contribution in [0.15, 0.2) is 41.1 Å². The number of rotatable bonds is 2. The van der Waals surface area contributed by atoms with Crippen LogP contribution in [0.3, 0.4) is 0 Å². The predicted octanol–water partition coefficient (Wildman–Crippen LogP) is 2.90. The van der Waals surface area contributed by atoms with Gasteiger partial charge in [-0.25, -0.2) is 0 Å². The lowest BCUT2D eigenvalue weighted by molar-refractivity contribution is -0.112. The van der Waals surface area contributed by atoms with Gasteiger partial charge in [0.15, 0.2) is 0 Å². The first-order valence-corrected chi connectivity index (χ1v) is 6.28. The van der Waals surface area contributed by atoms with Crippen molar-refractivity contribution in [3.63, 3.8) is 0 Å². The Bertz CT molecular complexity index is 615. The normalized spacial score (nSPS) is 16.7. The predicted molar refractivity (Wildman–Crippen MR) is 78.1 cm³/mol. The van der Waals surface area contributed by atoms with Gasteiger partial charge < -0.3 is 5.73 Å². The number of nitrogens with zero attached hydrogens (tertiary/aromatic N) is 1. The molecule has 0 atom stereocenters. The summed E-state index contributed by atoms with van der Waals surface area (Å²) in [5, 5.41) is 4.88. The van der Waals surface area contributed by atoms with Crippen molar-refractivity contribution in [1.29, 1.82) is 0 Å². The zero-order valence-corrected chi connectivity index (χ0v) is 11.7. The highest BCUT2D eigenvalue weighted by molar-refractivity contribution is 6.68. The van der Waals surface area contributed by atoms with Crippen molar-refractivity contribution < 1.29 is 4.79 Å². The highest BCUT2D eigenvalue weighted by Crippen LogP contribution is 2.26. The third kappa shape index (κ3) is 3.29. The molecule has 0 saturated carbocycles. The van der Waals surface area contributed by atoms with Crippen LogP contribution in [0.25, 0.3) is 5.57 Å². The van der Waals surface area contributed by atoms with Crippen molar-refractivity contribution in [3.8, 4) is 0 Å². The van der Waals surface area contributed by atoms with E-state index < -0.39 is 5.91 Å². The van der Waals surface area contributed by atoms with Gasteiger partial charge in [0.1, 0.15) is 5.17 Å². The number of halogens is 3. The van der Waals surface area contributed by atoms with Crippen molar-refractivity contribution in [2.24, 2.45) is 10.8 Å². The van der Waals surface area contributed by atoms with Gasteiger partial charge in [0.2, 0.25) is 0 Å². The van der Waals surface area contributed by atoms with Gasteiger partial charge in [-0.2, -0.15) is 5.10 Å². The molecule has 98 valence electrons. The molecule has 0 radical (unpaired) electrons. The molecule has 1 aromatic carbocycles. The van der Waals surface area contributed by atoms with Gasteiger partial charge in [-0.05, 0) is 35.9 Å². The Kier molecular flexibility index (Phi) is 4.14. The zero-order valence-electron chi connectivity index (χ0n) is 9.45. The van der Waals surface area contributed by atoms with Crippen LogP contribution in [0.4, 0.5) is 0 Å². The molecule has 1 heterocycles. The van der Waals surface area contributed by atoms with Crippen molar-refractivity contribution in [2.45, 2.75) is 0 Å². The molecule has 1 aromatic rings. The molecule has 0 saturated heterocycles. The standard InChI is InChI=1S/C12H8Cl3N3O/c13-7-3-6(4-8(14)5-7)11(12(16)19)9-1-2-10(15)18-17-9/h1-5,17H,(H2,16,19)/b11-9-. The maximum atomic E-state index is 11.6. The molecule has 4 nitrogen and oxygen atoms in total. The van der Waals surface area contributed by atoms with Crippen LogP contribution in [0, 0.1) is 0 Å². The number of nitrogens with one attached hydrogen (secondary N) is 1. The molecule has 1 amide bonds. The van der Waals surface area contributed by atoms with Crippen LogP contribution in [0.2, 0.25) is 10.0 Å². The first kappa shape index (κ1) is 13.9. The lowest BCUT2D eigenvalue weighted by atomic mass is 10.0. The molecule has 1 aliphatic heterocycles. The molecular formula is C12H8Cl3N3O. The van der Waals surface area contributed by atoms with E-state index in [1.165, 1.54) is 0 Å². The molecule has 3 N–H and O–H groups in total. The van der Waals surface area contributed by atoms with Gasteiger partial charge >= 0.3 is 0 Å². The van der Waals surface area contributed by atoms with Crippen molar-refractivity contribution in [3.05, 3.63) is 51.7 Å². The highest BCUT2D eigenvalue weighted by atomic mass is 35.5. The van der Waals surface area contributed by atoms with E-state index in [2.05, 4.69) is 10.5 Å². The molecule has 7 heteroatoms. The first-order valence-electron chi connectivity index (χ1n) is 5.15. The van der Waals surface area contributed by atoms with Crippen LogP contribution < -0.4 is 11.2 Å². The van der Waals surface area contributed by atoms with Gasteiger partial charge in [0, 0.05) is 10.0 Å². The third-order valence-corrected chi connectivity index (χ3v) is 2.98. The molecule has 0 spiro atoms. The van der Waals surface area contributed by atoms with Gasteiger partial charge in [-0.15, -0.1) is 0 Å². The van der Waals surface area contributed by atoms with Crippen molar-refractivity contribution in [2.75, 3.05) is 0 Å². The smallest absolute Gasteiger partial charge is 0.251 e. The molecule has 0 aromatic heterocycles. The topological polar surface area (TPSA) is 67.5 Å². The van der Waals surface area contributed by atoms with Crippen LogP contribution in [0.5, 0.6) is 0 Å². The summed E-state index contributed by atoms with van der Waals surface area (Å²) in [6, 6.07) is 4.75. The maximum Gasteiger partial charge on any atom is 0.251 e. The molecule has 0 unspecified atom stereocenters. The highest BCUT2D eigenvalue weighted by Gasteiger charge is 2.16. The summed E-state index contributed by atoms with van der Waals surface area (Å²) in [6.45, 7) is 0. The van der Waals surface area contributed by atoms with Crippen molar-refractivity contribution in [1.82, 2.24) is 5.43 Å². The van der Waals surface area contributed by atoms with E-state index in [1.807, 2.05) is 0 Å². The number of hydrogen-bond acceptors (Lipinski definition) is 3. The molecule has 0 fully saturated rings.